The number of nitrogens with zero attached hydrogens (tertiary/aromatic N) is 1. The van der Waals surface area contributed by atoms with Crippen molar-refractivity contribution in [1.29, 1.82) is 0 Å². The number of aromatic nitrogens is 1. The molecule has 5 heteroatoms. The van der Waals surface area contributed by atoms with Gasteiger partial charge in [0, 0.05) is 15.8 Å². The Morgan fingerprint density at radius 1 is 0.967 bits per heavy atom. The molecule has 0 bridgehead atoms. The largest absolute Gasteiger partial charge is 0.301 e. The van der Waals surface area contributed by atoms with Crippen molar-refractivity contribution in [3.8, 4) is 11.3 Å². The Labute approximate surface area is 185 Å². The molecule has 0 aliphatic carbocycles. The van der Waals surface area contributed by atoms with Crippen molar-refractivity contribution < 1.29 is 4.79 Å². The maximum absolute atomic E-state index is 13.2. The van der Waals surface area contributed by atoms with E-state index in [-0.39, 0.29) is 11.2 Å². The molecule has 150 valence electrons. The molecule has 0 radical (unpaired) electrons. The summed E-state index contributed by atoms with van der Waals surface area (Å²) in [5.41, 5.74) is 5.36. The third-order valence-corrected chi connectivity index (χ3v) is 6.75. The fourth-order valence-electron chi connectivity index (χ4n) is 3.26. The van der Waals surface area contributed by atoms with Gasteiger partial charge in [-0.2, -0.15) is 0 Å². The summed E-state index contributed by atoms with van der Waals surface area (Å²) in [6.07, 6.45) is 0. The number of nitrogens with one attached hydrogen (secondary N) is 1. The van der Waals surface area contributed by atoms with E-state index in [4.69, 9.17) is 0 Å². The minimum absolute atomic E-state index is 0.0726. The molecule has 0 saturated carbocycles. The Kier molecular flexibility index (Phi) is 6.31. The van der Waals surface area contributed by atoms with Crippen molar-refractivity contribution in [3.63, 3.8) is 0 Å². The zero-order chi connectivity index (χ0) is 20.9. The summed E-state index contributed by atoms with van der Waals surface area (Å²) in [7, 11) is 0. The summed E-state index contributed by atoms with van der Waals surface area (Å²) in [6, 6.07) is 26.2. The van der Waals surface area contributed by atoms with Crippen LogP contribution in [-0.2, 0) is 4.79 Å². The second kappa shape index (κ2) is 9.28. The van der Waals surface area contributed by atoms with Crippen molar-refractivity contribution >= 4 is 34.1 Å². The number of benzene rings is 3. The van der Waals surface area contributed by atoms with Gasteiger partial charge in [-0.25, -0.2) is 4.98 Å². The van der Waals surface area contributed by atoms with Gasteiger partial charge in [-0.3, -0.25) is 4.79 Å². The van der Waals surface area contributed by atoms with Crippen molar-refractivity contribution in [3.05, 3.63) is 101 Å². The maximum Gasteiger partial charge on any atom is 0.244 e. The molecule has 0 aliphatic heterocycles. The van der Waals surface area contributed by atoms with E-state index in [2.05, 4.69) is 42.3 Å². The number of carbonyl (C=O) groups excluding carboxylic acids is 1. The maximum atomic E-state index is 13.2. The van der Waals surface area contributed by atoms with E-state index in [0.29, 0.717) is 5.13 Å². The Morgan fingerprint density at radius 2 is 1.67 bits per heavy atom. The molecule has 1 heterocycles. The van der Waals surface area contributed by atoms with Gasteiger partial charge in [0.15, 0.2) is 5.13 Å². The number of rotatable bonds is 6. The van der Waals surface area contributed by atoms with Crippen LogP contribution in [0.3, 0.4) is 0 Å². The minimum Gasteiger partial charge on any atom is -0.301 e. The van der Waals surface area contributed by atoms with E-state index in [0.717, 1.165) is 21.7 Å². The summed E-state index contributed by atoms with van der Waals surface area (Å²) in [6.45, 7) is 4.17. The van der Waals surface area contributed by atoms with E-state index in [1.807, 2.05) is 66.0 Å². The lowest BCUT2D eigenvalue weighted by Gasteiger charge is -2.16. The van der Waals surface area contributed by atoms with Crippen LogP contribution in [0.5, 0.6) is 0 Å². The number of hydrogen-bond acceptors (Lipinski definition) is 4. The van der Waals surface area contributed by atoms with Crippen LogP contribution >= 0.6 is 23.1 Å². The molecule has 3 nitrogen and oxygen atoms in total. The van der Waals surface area contributed by atoms with Crippen molar-refractivity contribution in [2.75, 3.05) is 5.32 Å². The fraction of sp³-hybridized carbons (Fsp3) is 0.120. The SMILES string of the molecule is Cc1ccc(-c2csc(NC(=O)[C@@H](Sc3ccccc3)c3ccccc3)n2)c(C)c1. The number of thiazole rings is 1. The van der Waals surface area contributed by atoms with Gasteiger partial charge in [0.2, 0.25) is 5.91 Å². The zero-order valence-electron chi connectivity index (χ0n) is 16.8. The first kappa shape index (κ1) is 20.4. The monoisotopic (exact) mass is 430 g/mol. The molecule has 1 N–H and O–H groups in total. The molecule has 0 saturated heterocycles. The van der Waals surface area contributed by atoms with Gasteiger partial charge in [-0.1, -0.05) is 72.3 Å². The molecule has 4 aromatic rings. The molecule has 30 heavy (non-hydrogen) atoms. The van der Waals surface area contributed by atoms with E-state index >= 15 is 0 Å². The van der Waals surface area contributed by atoms with Crippen LogP contribution < -0.4 is 5.32 Å². The fourth-order valence-corrected chi connectivity index (χ4v) is 5.02. The minimum atomic E-state index is -0.359. The van der Waals surface area contributed by atoms with Crippen LogP contribution in [0.2, 0.25) is 0 Å². The van der Waals surface area contributed by atoms with Gasteiger partial charge in [0.05, 0.1) is 5.69 Å². The third-order valence-electron chi connectivity index (χ3n) is 4.73. The lowest BCUT2D eigenvalue weighted by Crippen LogP contribution is -2.18. The summed E-state index contributed by atoms with van der Waals surface area (Å²) in [5, 5.41) is 5.28. The molecule has 1 atom stereocenters. The number of aryl methyl sites for hydroxylation is 2. The predicted molar refractivity (Wildman–Crippen MR) is 127 cm³/mol. The highest BCUT2D eigenvalue weighted by atomic mass is 32.2. The van der Waals surface area contributed by atoms with Gasteiger partial charge in [0.25, 0.3) is 0 Å². The molecule has 0 fully saturated rings. The molecule has 1 aromatic heterocycles. The molecule has 4 rings (SSSR count). The van der Waals surface area contributed by atoms with Crippen LogP contribution in [0.25, 0.3) is 11.3 Å². The molecule has 0 unspecified atom stereocenters. The van der Waals surface area contributed by atoms with Gasteiger partial charge in [0.1, 0.15) is 5.25 Å². The lowest BCUT2D eigenvalue weighted by atomic mass is 10.0. The molecule has 0 spiro atoms. The highest BCUT2D eigenvalue weighted by Gasteiger charge is 2.23. The standard InChI is InChI=1S/C25H22N2OS2/c1-17-13-14-21(18(2)15-17)22-16-29-25(26-22)27-24(28)23(19-9-5-3-6-10-19)30-20-11-7-4-8-12-20/h3-16,23H,1-2H3,(H,26,27,28)/t23-/m0/s1. The summed E-state index contributed by atoms with van der Waals surface area (Å²) < 4.78 is 0. The number of hydrogen-bond donors (Lipinski definition) is 1. The average molecular weight is 431 g/mol. The second-order valence-corrected chi connectivity index (χ2v) is 9.10. The van der Waals surface area contributed by atoms with Crippen LogP contribution in [0.15, 0.2) is 89.1 Å². The van der Waals surface area contributed by atoms with Crippen LogP contribution in [0.1, 0.15) is 21.9 Å². The van der Waals surface area contributed by atoms with Crippen LogP contribution in [0, 0.1) is 13.8 Å². The zero-order valence-corrected chi connectivity index (χ0v) is 18.5. The first-order valence-corrected chi connectivity index (χ1v) is 11.5. The number of amides is 1. The highest BCUT2D eigenvalue weighted by molar-refractivity contribution is 8.00. The topological polar surface area (TPSA) is 42.0 Å². The summed E-state index contributed by atoms with van der Waals surface area (Å²) in [5.74, 6) is -0.0726. The van der Waals surface area contributed by atoms with E-state index < -0.39 is 0 Å². The molecular weight excluding hydrogens is 408 g/mol. The van der Waals surface area contributed by atoms with Crippen LogP contribution in [0.4, 0.5) is 5.13 Å². The van der Waals surface area contributed by atoms with Crippen molar-refractivity contribution in [2.45, 2.75) is 24.0 Å². The van der Waals surface area contributed by atoms with Gasteiger partial charge >= 0.3 is 0 Å². The summed E-state index contributed by atoms with van der Waals surface area (Å²) in [4.78, 5) is 18.9. The van der Waals surface area contributed by atoms with Gasteiger partial charge in [-0.15, -0.1) is 23.1 Å². The Balaban J connectivity index is 1.56. The average Bonchev–Trinajstić information content (AvgIpc) is 3.21. The van der Waals surface area contributed by atoms with Gasteiger partial charge in [-0.05, 0) is 37.1 Å². The lowest BCUT2D eigenvalue weighted by molar-refractivity contribution is -0.115. The van der Waals surface area contributed by atoms with Gasteiger partial charge < -0.3 is 5.32 Å². The normalized spacial score (nSPS) is 11.8. The summed E-state index contributed by atoms with van der Waals surface area (Å²) >= 11 is 2.99. The number of anilines is 1. The first-order chi connectivity index (χ1) is 14.6. The molecule has 3 aromatic carbocycles. The second-order valence-electron chi connectivity index (χ2n) is 7.07. The van der Waals surface area contributed by atoms with E-state index in [1.165, 1.54) is 22.5 Å². The smallest absolute Gasteiger partial charge is 0.244 e. The van der Waals surface area contributed by atoms with Crippen LogP contribution in [-0.4, -0.2) is 10.9 Å². The highest BCUT2D eigenvalue weighted by Crippen LogP contribution is 2.36. The molecular formula is C25H22N2OS2. The third kappa shape index (κ3) is 4.81. The molecule has 1 amide bonds. The van der Waals surface area contributed by atoms with Crippen molar-refractivity contribution in [1.82, 2.24) is 4.98 Å². The van der Waals surface area contributed by atoms with E-state index in [1.54, 1.807) is 11.8 Å². The molecule has 0 aliphatic rings. The predicted octanol–water partition coefficient (Wildman–Crippen LogP) is 6.90. The number of thioether (sulfide) groups is 1. The Bertz CT molecular complexity index is 1140. The van der Waals surface area contributed by atoms with Crippen molar-refractivity contribution in [2.24, 2.45) is 0 Å². The quantitative estimate of drug-likeness (QED) is 0.338. The van der Waals surface area contributed by atoms with E-state index in [9.17, 15) is 4.79 Å². The number of carbonyl (C=O) groups is 1. The Hall–Kier alpha value is -2.89. The Morgan fingerprint density at radius 3 is 2.37 bits per heavy atom. The first-order valence-electron chi connectivity index (χ1n) is 9.71.